The van der Waals surface area contributed by atoms with Crippen LogP contribution < -0.4 is 4.74 Å². The summed E-state index contributed by atoms with van der Waals surface area (Å²) in [5.74, 6) is 1.05. The highest BCUT2D eigenvalue weighted by Crippen LogP contribution is 2.31. The number of nitrogens with zero attached hydrogens (tertiary/aromatic N) is 4. The molecule has 1 aromatic carbocycles. The van der Waals surface area contributed by atoms with Gasteiger partial charge in [0.2, 0.25) is 5.16 Å². The van der Waals surface area contributed by atoms with Crippen LogP contribution in [0, 0.1) is 0 Å². The largest absolute Gasteiger partial charge is 0.497 e. The first-order chi connectivity index (χ1) is 10.8. The number of rotatable bonds is 6. The average molecular weight is 318 g/mol. The minimum absolute atomic E-state index is 0.0462. The number of tetrazole rings is 1. The van der Waals surface area contributed by atoms with Crippen molar-refractivity contribution in [2.24, 2.45) is 0 Å². The van der Waals surface area contributed by atoms with Crippen LogP contribution in [0.25, 0.3) is 0 Å². The Balaban J connectivity index is 1.65. The second-order valence-electron chi connectivity index (χ2n) is 5.29. The van der Waals surface area contributed by atoms with Crippen LogP contribution in [0.15, 0.2) is 29.4 Å². The summed E-state index contributed by atoms with van der Waals surface area (Å²) in [6.45, 7) is 0. The van der Waals surface area contributed by atoms with Crippen LogP contribution in [0.4, 0.5) is 0 Å². The van der Waals surface area contributed by atoms with Crippen LogP contribution in [0.5, 0.6) is 5.75 Å². The summed E-state index contributed by atoms with van der Waals surface area (Å²) in [5.41, 5.74) is 0.645. The third kappa shape index (κ3) is 3.30. The van der Waals surface area contributed by atoms with E-state index in [4.69, 9.17) is 4.74 Å². The Labute approximate surface area is 133 Å². The summed E-state index contributed by atoms with van der Waals surface area (Å²) in [5, 5.41) is 12.6. The van der Waals surface area contributed by atoms with E-state index in [0.717, 1.165) is 18.0 Å². The summed E-state index contributed by atoms with van der Waals surface area (Å²) in [4.78, 5) is 12.3. The molecule has 0 aliphatic heterocycles. The Morgan fingerprint density at radius 3 is 3.00 bits per heavy atom. The highest BCUT2D eigenvalue weighted by Gasteiger charge is 2.22. The van der Waals surface area contributed by atoms with E-state index in [9.17, 15) is 4.79 Å². The van der Waals surface area contributed by atoms with E-state index in [0.29, 0.717) is 23.1 Å². The Hall–Kier alpha value is -1.89. The average Bonchev–Trinajstić information content (AvgIpc) is 3.23. The van der Waals surface area contributed by atoms with Crippen LogP contribution in [0.2, 0.25) is 0 Å². The lowest BCUT2D eigenvalue weighted by molar-refractivity contribution is 0.102. The van der Waals surface area contributed by atoms with Crippen molar-refractivity contribution in [2.45, 2.75) is 36.9 Å². The van der Waals surface area contributed by atoms with Gasteiger partial charge in [0.1, 0.15) is 5.75 Å². The molecule has 1 fully saturated rings. The Morgan fingerprint density at radius 2 is 2.23 bits per heavy atom. The summed E-state index contributed by atoms with van der Waals surface area (Å²) >= 11 is 1.39. The van der Waals surface area contributed by atoms with E-state index in [1.165, 1.54) is 24.6 Å². The number of Topliss-reactive ketones (excluding diaryl/α,β-unsaturated/α-hetero) is 1. The molecule has 0 spiro atoms. The molecular formula is C15H18N4O2S. The molecule has 2 aromatic rings. The molecule has 1 saturated carbocycles. The van der Waals surface area contributed by atoms with Crippen LogP contribution in [-0.4, -0.2) is 38.9 Å². The number of aromatic nitrogens is 4. The summed E-state index contributed by atoms with van der Waals surface area (Å²) < 4.78 is 7.02. The van der Waals surface area contributed by atoms with Gasteiger partial charge in [0.15, 0.2) is 5.78 Å². The van der Waals surface area contributed by atoms with Crippen molar-refractivity contribution in [1.29, 1.82) is 0 Å². The number of methoxy groups -OCH3 is 1. The van der Waals surface area contributed by atoms with Gasteiger partial charge >= 0.3 is 0 Å². The lowest BCUT2D eigenvalue weighted by Crippen LogP contribution is -2.10. The number of thioether (sulfide) groups is 1. The van der Waals surface area contributed by atoms with Crippen LogP contribution in [0.3, 0.4) is 0 Å². The van der Waals surface area contributed by atoms with Gasteiger partial charge in [0.05, 0.1) is 18.9 Å². The van der Waals surface area contributed by atoms with Gasteiger partial charge < -0.3 is 4.74 Å². The van der Waals surface area contributed by atoms with Gasteiger partial charge in [0.25, 0.3) is 0 Å². The second kappa shape index (κ2) is 6.91. The predicted octanol–water partition coefficient (Wildman–Crippen LogP) is 2.77. The van der Waals surface area contributed by atoms with Crippen molar-refractivity contribution < 1.29 is 9.53 Å². The summed E-state index contributed by atoms with van der Waals surface area (Å²) in [7, 11) is 1.59. The first-order valence-corrected chi connectivity index (χ1v) is 8.34. The topological polar surface area (TPSA) is 69.9 Å². The fourth-order valence-corrected chi connectivity index (χ4v) is 3.51. The SMILES string of the molecule is COc1cccc(C(=O)CSc2nnnn2C2CCCC2)c1. The Morgan fingerprint density at radius 1 is 1.41 bits per heavy atom. The molecule has 0 atom stereocenters. The first-order valence-electron chi connectivity index (χ1n) is 7.36. The Kier molecular flexibility index (Phi) is 4.72. The van der Waals surface area contributed by atoms with E-state index in [1.54, 1.807) is 19.2 Å². The summed E-state index contributed by atoms with van der Waals surface area (Å²) in [6.07, 6.45) is 4.67. The van der Waals surface area contributed by atoms with Gasteiger partial charge in [-0.3, -0.25) is 4.79 Å². The molecule has 7 heteroatoms. The molecule has 116 valence electrons. The minimum Gasteiger partial charge on any atom is -0.497 e. The zero-order valence-electron chi connectivity index (χ0n) is 12.4. The molecule has 0 bridgehead atoms. The van der Waals surface area contributed by atoms with E-state index in [1.807, 2.05) is 16.8 Å². The Bertz CT molecular complexity index is 652. The highest BCUT2D eigenvalue weighted by atomic mass is 32.2. The number of hydrogen-bond donors (Lipinski definition) is 0. The molecule has 1 aliphatic carbocycles. The summed E-state index contributed by atoms with van der Waals surface area (Å²) in [6, 6.07) is 7.57. The number of carbonyl (C=O) groups is 1. The van der Waals surface area contributed by atoms with E-state index >= 15 is 0 Å². The molecule has 1 aliphatic rings. The molecule has 1 aromatic heterocycles. The fourth-order valence-electron chi connectivity index (χ4n) is 2.67. The molecule has 3 rings (SSSR count). The highest BCUT2D eigenvalue weighted by molar-refractivity contribution is 7.99. The third-order valence-corrected chi connectivity index (χ3v) is 4.79. The zero-order chi connectivity index (χ0) is 15.4. The standard InChI is InChI=1S/C15H18N4O2S/c1-21-13-8-4-5-11(9-13)14(20)10-22-15-16-17-18-19(15)12-6-2-3-7-12/h4-5,8-9,12H,2-3,6-7,10H2,1H3. The molecule has 6 nitrogen and oxygen atoms in total. The van der Waals surface area contributed by atoms with Crippen molar-refractivity contribution in [3.05, 3.63) is 29.8 Å². The van der Waals surface area contributed by atoms with Crippen molar-refractivity contribution in [3.8, 4) is 5.75 Å². The van der Waals surface area contributed by atoms with Crippen molar-refractivity contribution in [3.63, 3.8) is 0 Å². The number of benzene rings is 1. The third-order valence-electron chi connectivity index (χ3n) is 3.86. The molecule has 22 heavy (non-hydrogen) atoms. The quantitative estimate of drug-likeness (QED) is 0.602. The molecule has 0 unspecified atom stereocenters. The fraction of sp³-hybridized carbons (Fsp3) is 0.467. The molecule has 0 saturated heterocycles. The van der Waals surface area contributed by atoms with Crippen LogP contribution in [-0.2, 0) is 0 Å². The van der Waals surface area contributed by atoms with Gasteiger partial charge in [-0.25, -0.2) is 4.68 Å². The lowest BCUT2D eigenvalue weighted by Gasteiger charge is -2.10. The van der Waals surface area contributed by atoms with Crippen molar-refractivity contribution in [2.75, 3.05) is 12.9 Å². The lowest BCUT2D eigenvalue weighted by atomic mass is 10.1. The van der Waals surface area contributed by atoms with Gasteiger partial charge in [-0.15, -0.1) is 5.10 Å². The number of ketones is 1. The second-order valence-corrected chi connectivity index (χ2v) is 6.23. The maximum absolute atomic E-state index is 12.3. The van der Waals surface area contributed by atoms with E-state index in [2.05, 4.69) is 15.5 Å². The van der Waals surface area contributed by atoms with Crippen molar-refractivity contribution in [1.82, 2.24) is 20.2 Å². The maximum Gasteiger partial charge on any atom is 0.210 e. The van der Waals surface area contributed by atoms with Gasteiger partial charge in [-0.05, 0) is 35.4 Å². The predicted molar refractivity (Wildman–Crippen MR) is 83.4 cm³/mol. The molecule has 1 heterocycles. The smallest absolute Gasteiger partial charge is 0.210 e. The number of ether oxygens (including phenoxy) is 1. The van der Waals surface area contributed by atoms with Gasteiger partial charge in [-0.2, -0.15) is 0 Å². The van der Waals surface area contributed by atoms with E-state index < -0.39 is 0 Å². The molecule has 0 radical (unpaired) electrons. The molecular weight excluding hydrogens is 300 g/mol. The van der Waals surface area contributed by atoms with Crippen LogP contribution in [0.1, 0.15) is 42.1 Å². The van der Waals surface area contributed by atoms with E-state index in [-0.39, 0.29) is 5.78 Å². The van der Waals surface area contributed by atoms with Crippen molar-refractivity contribution >= 4 is 17.5 Å². The monoisotopic (exact) mass is 318 g/mol. The maximum atomic E-state index is 12.3. The van der Waals surface area contributed by atoms with Crippen LogP contribution >= 0.6 is 11.8 Å². The minimum atomic E-state index is 0.0462. The number of hydrogen-bond acceptors (Lipinski definition) is 6. The van der Waals surface area contributed by atoms with Gasteiger partial charge in [0, 0.05) is 5.56 Å². The zero-order valence-corrected chi connectivity index (χ0v) is 13.3. The molecule has 0 N–H and O–H groups in total. The first kappa shape index (κ1) is 15.0. The molecule has 0 amide bonds. The number of carbonyl (C=O) groups excluding carboxylic acids is 1. The van der Waals surface area contributed by atoms with Gasteiger partial charge in [-0.1, -0.05) is 36.7 Å². The normalized spacial score (nSPS) is 15.1.